The SMILES string of the molecule is CCOC(OCC)(P=O)C1CCCCC1. The summed E-state index contributed by atoms with van der Waals surface area (Å²) in [6.07, 6.45) is 5.80. The smallest absolute Gasteiger partial charge is 0.254 e. The zero-order valence-corrected chi connectivity index (χ0v) is 10.6. The van der Waals surface area contributed by atoms with Gasteiger partial charge in [-0.3, -0.25) is 4.57 Å². The summed E-state index contributed by atoms with van der Waals surface area (Å²) in [4.78, 5) is 0. The van der Waals surface area contributed by atoms with Gasteiger partial charge in [0.25, 0.3) is 5.53 Å². The third kappa shape index (κ3) is 3.24. The summed E-state index contributed by atoms with van der Waals surface area (Å²) in [5.41, 5.74) is -0.871. The van der Waals surface area contributed by atoms with E-state index in [2.05, 4.69) is 0 Å². The van der Waals surface area contributed by atoms with E-state index in [1.807, 2.05) is 13.8 Å². The average molecular weight is 232 g/mol. The van der Waals surface area contributed by atoms with E-state index in [-0.39, 0.29) is 14.4 Å². The van der Waals surface area contributed by atoms with Gasteiger partial charge in [0.15, 0.2) is 0 Å². The molecule has 0 N–H and O–H groups in total. The molecule has 0 aromatic carbocycles. The highest BCUT2D eigenvalue weighted by Gasteiger charge is 2.42. The molecule has 0 unspecified atom stereocenters. The van der Waals surface area contributed by atoms with Crippen LogP contribution in [-0.2, 0) is 14.0 Å². The Morgan fingerprint density at radius 2 is 1.67 bits per heavy atom. The molecular formula is C11H21O3P. The summed E-state index contributed by atoms with van der Waals surface area (Å²) < 4.78 is 22.6. The molecule has 1 rings (SSSR count). The normalized spacial score (nSPS) is 19.6. The van der Waals surface area contributed by atoms with Crippen LogP contribution in [0.15, 0.2) is 0 Å². The summed E-state index contributed by atoms with van der Waals surface area (Å²) >= 11 is 0. The van der Waals surface area contributed by atoms with Gasteiger partial charge in [-0.2, -0.15) is 0 Å². The van der Waals surface area contributed by atoms with Gasteiger partial charge in [0, 0.05) is 19.1 Å². The molecule has 1 saturated carbocycles. The van der Waals surface area contributed by atoms with Crippen LogP contribution in [0.3, 0.4) is 0 Å². The molecule has 0 amide bonds. The third-order valence-electron chi connectivity index (χ3n) is 2.95. The van der Waals surface area contributed by atoms with Crippen molar-refractivity contribution in [1.29, 1.82) is 0 Å². The molecule has 0 aliphatic heterocycles. The fraction of sp³-hybridized carbons (Fsp3) is 1.00. The second kappa shape index (κ2) is 6.57. The van der Waals surface area contributed by atoms with Crippen molar-refractivity contribution >= 4 is 8.46 Å². The van der Waals surface area contributed by atoms with Gasteiger partial charge in [0.2, 0.25) is 8.46 Å². The largest absolute Gasteiger partial charge is 0.340 e. The number of rotatable bonds is 6. The van der Waals surface area contributed by atoms with Gasteiger partial charge in [-0.1, -0.05) is 19.3 Å². The Bertz CT molecular complexity index is 184. The van der Waals surface area contributed by atoms with Crippen molar-refractivity contribution in [2.75, 3.05) is 13.2 Å². The summed E-state index contributed by atoms with van der Waals surface area (Å²) in [7, 11) is -0.0261. The lowest BCUT2D eigenvalue weighted by molar-refractivity contribution is -0.206. The third-order valence-corrected chi connectivity index (χ3v) is 3.83. The van der Waals surface area contributed by atoms with Gasteiger partial charge >= 0.3 is 0 Å². The van der Waals surface area contributed by atoms with Crippen LogP contribution in [0.2, 0.25) is 0 Å². The maximum Gasteiger partial charge on any atom is 0.254 e. The molecule has 1 fully saturated rings. The predicted molar refractivity (Wildman–Crippen MR) is 60.2 cm³/mol. The number of hydrogen-bond donors (Lipinski definition) is 0. The molecule has 0 bridgehead atoms. The first-order valence-corrected chi connectivity index (χ1v) is 6.72. The lowest BCUT2D eigenvalue weighted by atomic mass is 9.88. The van der Waals surface area contributed by atoms with Crippen LogP contribution >= 0.6 is 8.46 Å². The molecule has 15 heavy (non-hydrogen) atoms. The molecule has 4 heteroatoms. The van der Waals surface area contributed by atoms with Gasteiger partial charge in [0.1, 0.15) is 0 Å². The van der Waals surface area contributed by atoms with E-state index in [1.165, 1.54) is 19.3 Å². The second-order valence-corrected chi connectivity index (χ2v) is 4.73. The predicted octanol–water partition coefficient (Wildman–Crippen LogP) is 3.59. The van der Waals surface area contributed by atoms with Gasteiger partial charge < -0.3 is 9.47 Å². The molecule has 0 saturated heterocycles. The summed E-state index contributed by atoms with van der Waals surface area (Å²) in [5, 5.41) is 0. The van der Waals surface area contributed by atoms with Gasteiger partial charge in [0.05, 0.1) is 0 Å². The minimum atomic E-state index is -0.871. The highest BCUT2D eigenvalue weighted by Crippen LogP contribution is 2.42. The molecule has 1 aliphatic carbocycles. The van der Waals surface area contributed by atoms with Crippen LogP contribution in [0.25, 0.3) is 0 Å². The lowest BCUT2D eigenvalue weighted by Gasteiger charge is -2.36. The van der Waals surface area contributed by atoms with Crippen molar-refractivity contribution in [3.63, 3.8) is 0 Å². The zero-order valence-electron chi connectivity index (χ0n) is 9.70. The Balaban J connectivity index is 2.70. The van der Waals surface area contributed by atoms with Crippen LogP contribution < -0.4 is 0 Å². The molecule has 88 valence electrons. The first-order chi connectivity index (χ1) is 7.29. The van der Waals surface area contributed by atoms with Gasteiger partial charge in [-0.05, 0) is 26.7 Å². The minimum absolute atomic E-state index is 0.0261. The maximum atomic E-state index is 11.4. The highest BCUT2D eigenvalue weighted by molar-refractivity contribution is 7.25. The van der Waals surface area contributed by atoms with E-state index in [0.29, 0.717) is 13.2 Å². The summed E-state index contributed by atoms with van der Waals surface area (Å²) in [5.74, 6) is 0.283. The first-order valence-electron chi connectivity index (χ1n) is 5.91. The van der Waals surface area contributed by atoms with Crippen molar-refractivity contribution in [1.82, 2.24) is 0 Å². The van der Waals surface area contributed by atoms with Gasteiger partial charge in [-0.15, -0.1) is 0 Å². The fourth-order valence-corrected chi connectivity index (χ4v) is 3.06. The first kappa shape index (κ1) is 13.1. The molecule has 0 atom stereocenters. The van der Waals surface area contributed by atoms with E-state index in [0.717, 1.165) is 12.8 Å². The monoisotopic (exact) mass is 232 g/mol. The van der Waals surface area contributed by atoms with E-state index >= 15 is 0 Å². The highest BCUT2D eigenvalue weighted by atomic mass is 31.1. The van der Waals surface area contributed by atoms with Crippen molar-refractivity contribution in [3.8, 4) is 0 Å². The molecule has 0 radical (unpaired) electrons. The molecule has 0 aromatic rings. The standard InChI is InChI=1S/C11H21O3P/c1-3-13-11(15-12,14-4-2)10-8-6-5-7-9-10/h10H,3-9H2,1-2H3. The molecule has 0 spiro atoms. The summed E-state index contributed by atoms with van der Waals surface area (Å²) in [6.45, 7) is 4.93. The van der Waals surface area contributed by atoms with Crippen LogP contribution in [0, 0.1) is 5.92 Å². The van der Waals surface area contributed by atoms with Gasteiger partial charge in [-0.25, -0.2) is 0 Å². The molecule has 0 heterocycles. The van der Waals surface area contributed by atoms with Crippen molar-refractivity contribution in [3.05, 3.63) is 0 Å². The van der Waals surface area contributed by atoms with E-state index < -0.39 is 5.53 Å². The Kier molecular flexibility index (Phi) is 5.73. The van der Waals surface area contributed by atoms with E-state index in [1.54, 1.807) is 0 Å². The molecule has 1 aliphatic rings. The molecular weight excluding hydrogens is 211 g/mol. The Labute approximate surface area is 93.7 Å². The van der Waals surface area contributed by atoms with Crippen molar-refractivity contribution in [2.45, 2.75) is 51.5 Å². The van der Waals surface area contributed by atoms with Crippen LogP contribution in [0.4, 0.5) is 0 Å². The molecule has 0 aromatic heterocycles. The number of hydrogen-bond acceptors (Lipinski definition) is 3. The Morgan fingerprint density at radius 3 is 2.07 bits per heavy atom. The van der Waals surface area contributed by atoms with E-state index in [9.17, 15) is 4.57 Å². The topological polar surface area (TPSA) is 35.5 Å². The van der Waals surface area contributed by atoms with Crippen molar-refractivity contribution in [2.24, 2.45) is 5.92 Å². The lowest BCUT2D eigenvalue weighted by Crippen LogP contribution is -2.39. The maximum absolute atomic E-state index is 11.4. The number of ether oxygens (including phenoxy) is 2. The summed E-state index contributed by atoms with van der Waals surface area (Å²) in [6, 6.07) is 0. The molecule has 3 nitrogen and oxygen atoms in total. The second-order valence-electron chi connectivity index (χ2n) is 3.92. The van der Waals surface area contributed by atoms with Crippen molar-refractivity contribution < 1.29 is 14.0 Å². The van der Waals surface area contributed by atoms with Crippen LogP contribution in [0.5, 0.6) is 0 Å². The minimum Gasteiger partial charge on any atom is -0.340 e. The Morgan fingerprint density at radius 1 is 1.13 bits per heavy atom. The quantitative estimate of drug-likeness (QED) is 0.518. The van der Waals surface area contributed by atoms with E-state index in [4.69, 9.17) is 9.47 Å². The average Bonchev–Trinajstić information content (AvgIpc) is 2.30. The van der Waals surface area contributed by atoms with Crippen LogP contribution in [0.1, 0.15) is 46.0 Å². The van der Waals surface area contributed by atoms with Crippen LogP contribution in [-0.4, -0.2) is 18.7 Å². The zero-order chi connectivity index (χ0) is 11.1. The Hall–Kier alpha value is 0.0200. The fourth-order valence-electron chi connectivity index (χ4n) is 2.29.